The minimum absolute atomic E-state index is 0.0334. The number of anilines is 1. The Balaban J connectivity index is 2.65. The second kappa shape index (κ2) is 7.47. The SMILES string of the molecule is CC(C)NC(CC(=O)Nc1ccc(Cl)c(Cl)c1)C(=O)O. The number of halogens is 2. The van der Waals surface area contributed by atoms with Gasteiger partial charge in [0, 0.05) is 11.7 Å². The van der Waals surface area contributed by atoms with E-state index in [1.807, 2.05) is 13.8 Å². The average molecular weight is 319 g/mol. The van der Waals surface area contributed by atoms with Gasteiger partial charge in [-0.1, -0.05) is 37.0 Å². The summed E-state index contributed by atoms with van der Waals surface area (Å²) in [5, 5.41) is 15.1. The van der Waals surface area contributed by atoms with Gasteiger partial charge in [0.2, 0.25) is 5.91 Å². The van der Waals surface area contributed by atoms with Crippen LogP contribution in [0, 0.1) is 0 Å². The molecule has 0 aliphatic carbocycles. The van der Waals surface area contributed by atoms with Crippen LogP contribution in [0.4, 0.5) is 5.69 Å². The summed E-state index contributed by atoms with van der Waals surface area (Å²) in [5.41, 5.74) is 0.470. The molecule has 0 saturated carbocycles. The van der Waals surface area contributed by atoms with Crippen LogP contribution in [0.2, 0.25) is 10.0 Å². The lowest BCUT2D eigenvalue weighted by Gasteiger charge is -2.17. The molecule has 0 radical (unpaired) electrons. The number of carbonyl (C=O) groups excluding carboxylic acids is 1. The van der Waals surface area contributed by atoms with Gasteiger partial charge in [-0.2, -0.15) is 0 Å². The van der Waals surface area contributed by atoms with Gasteiger partial charge in [-0.05, 0) is 18.2 Å². The zero-order chi connectivity index (χ0) is 15.3. The molecule has 5 nitrogen and oxygen atoms in total. The molecule has 1 unspecified atom stereocenters. The second-order valence-corrected chi connectivity index (χ2v) is 5.41. The van der Waals surface area contributed by atoms with Crippen LogP contribution >= 0.6 is 23.2 Å². The van der Waals surface area contributed by atoms with Crippen molar-refractivity contribution in [2.24, 2.45) is 0 Å². The fraction of sp³-hybridized carbons (Fsp3) is 0.385. The highest BCUT2D eigenvalue weighted by Crippen LogP contribution is 2.25. The van der Waals surface area contributed by atoms with Gasteiger partial charge < -0.3 is 15.7 Å². The molecule has 7 heteroatoms. The molecule has 0 aliphatic heterocycles. The van der Waals surface area contributed by atoms with Gasteiger partial charge in [0.15, 0.2) is 0 Å². The van der Waals surface area contributed by atoms with Crippen molar-refractivity contribution in [3.63, 3.8) is 0 Å². The summed E-state index contributed by atoms with van der Waals surface area (Å²) in [6, 6.07) is 3.69. The number of carboxylic acid groups (broad SMARTS) is 1. The Kier molecular flexibility index (Phi) is 6.26. The summed E-state index contributed by atoms with van der Waals surface area (Å²) >= 11 is 11.6. The molecule has 1 aromatic carbocycles. The van der Waals surface area contributed by atoms with Crippen molar-refractivity contribution in [2.45, 2.75) is 32.4 Å². The molecule has 1 rings (SSSR count). The maximum absolute atomic E-state index is 11.8. The maximum Gasteiger partial charge on any atom is 0.321 e. The number of nitrogens with one attached hydrogen (secondary N) is 2. The summed E-state index contributed by atoms with van der Waals surface area (Å²) in [7, 11) is 0. The van der Waals surface area contributed by atoms with E-state index in [4.69, 9.17) is 28.3 Å². The summed E-state index contributed by atoms with van der Waals surface area (Å²) in [6.45, 7) is 3.62. The highest BCUT2D eigenvalue weighted by molar-refractivity contribution is 6.42. The van der Waals surface area contributed by atoms with Gasteiger partial charge in [0.05, 0.1) is 16.5 Å². The fourth-order valence-corrected chi connectivity index (χ4v) is 1.89. The highest BCUT2D eigenvalue weighted by atomic mass is 35.5. The van der Waals surface area contributed by atoms with Crippen LogP contribution in [0.25, 0.3) is 0 Å². The Morgan fingerprint density at radius 2 is 1.90 bits per heavy atom. The molecule has 0 saturated heterocycles. The third-order valence-electron chi connectivity index (χ3n) is 2.43. The lowest BCUT2D eigenvalue weighted by molar-refractivity contribution is -0.141. The van der Waals surface area contributed by atoms with E-state index < -0.39 is 17.9 Å². The van der Waals surface area contributed by atoms with Crippen molar-refractivity contribution in [3.05, 3.63) is 28.2 Å². The first-order chi connectivity index (χ1) is 9.29. The van der Waals surface area contributed by atoms with E-state index in [0.29, 0.717) is 15.7 Å². The summed E-state index contributed by atoms with van der Waals surface area (Å²) in [4.78, 5) is 22.9. The zero-order valence-corrected chi connectivity index (χ0v) is 12.6. The molecular formula is C13H16Cl2N2O3. The predicted octanol–water partition coefficient (Wildman–Crippen LogP) is 2.77. The Morgan fingerprint density at radius 3 is 2.40 bits per heavy atom. The van der Waals surface area contributed by atoms with E-state index in [1.54, 1.807) is 12.1 Å². The maximum atomic E-state index is 11.8. The molecule has 20 heavy (non-hydrogen) atoms. The van der Waals surface area contributed by atoms with E-state index in [0.717, 1.165) is 0 Å². The van der Waals surface area contributed by atoms with Gasteiger partial charge in [-0.15, -0.1) is 0 Å². The molecule has 3 N–H and O–H groups in total. The molecule has 110 valence electrons. The molecule has 0 aromatic heterocycles. The van der Waals surface area contributed by atoms with E-state index in [9.17, 15) is 9.59 Å². The average Bonchev–Trinajstić information content (AvgIpc) is 2.32. The molecule has 1 aromatic rings. The smallest absolute Gasteiger partial charge is 0.321 e. The third-order valence-corrected chi connectivity index (χ3v) is 3.16. The monoisotopic (exact) mass is 318 g/mol. The first-order valence-electron chi connectivity index (χ1n) is 6.03. The summed E-state index contributed by atoms with van der Waals surface area (Å²) in [5.74, 6) is -1.48. The van der Waals surface area contributed by atoms with E-state index >= 15 is 0 Å². The molecular weight excluding hydrogens is 303 g/mol. The molecule has 0 fully saturated rings. The number of aliphatic carboxylic acids is 1. The van der Waals surface area contributed by atoms with Crippen molar-refractivity contribution in [2.75, 3.05) is 5.32 Å². The van der Waals surface area contributed by atoms with Crippen LogP contribution in [0.1, 0.15) is 20.3 Å². The van der Waals surface area contributed by atoms with Crippen LogP contribution in [0.5, 0.6) is 0 Å². The van der Waals surface area contributed by atoms with Gasteiger partial charge in [0.1, 0.15) is 6.04 Å². The van der Waals surface area contributed by atoms with Gasteiger partial charge in [-0.3, -0.25) is 9.59 Å². The molecule has 0 spiro atoms. The minimum atomic E-state index is -1.07. The normalized spacial score (nSPS) is 12.2. The van der Waals surface area contributed by atoms with Gasteiger partial charge in [0.25, 0.3) is 0 Å². The van der Waals surface area contributed by atoms with Crippen molar-refractivity contribution in [1.29, 1.82) is 0 Å². The molecule has 0 aliphatic rings. The summed E-state index contributed by atoms with van der Waals surface area (Å²) < 4.78 is 0. The molecule has 1 atom stereocenters. The van der Waals surface area contributed by atoms with Crippen molar-refractivity contribution in [3.8, 4) is 0 Å². The Labute approximate surface area is 127 Å². The first kappa shape index (κ1) is 16.8. The molecule has 0 bridgehead atoms. The van der Waals surface area contributed by atoms with E-state index in [2.05, 4.69) is 10.6 Å². The molecule has 1 amide bonds. The van der Waals surface area contributed by atoms with Crippen LogP contribution in [-0.4, -0.2) is 29.1 Å². The minimum Gasteiger partial charge on any atom is -0.480 e. The van der Waals surface area contributed by atoms with Crippen LogP contribution in [-0.2, 0) is 9.59 Å². The zero-order valence-electron chi connectivity index (χ0n) is 11.1. The Bertz CT molecular complexity index is 506. The largest absolute Gasteiger partial charge is 0.480 e. The number of amides is 1. The van der Waals surface area contributed by atoms with Gasteiger partial charge in [-0.25, -0.2) is 0 Å². The van der Waals surface area contributed by atoms with Crippen LogP contribution in [0.15, 0.2) is 18.2 Å². The quantitative estimate of drug-likeness (QED) is 0.753. The third kappa shape index (κ3) is 5.36. The number of hydrogen-bond donors (Lipinski definition) is 3. The number of rotatable bonds is 6. The van der Waals surface area contributed by atoms with Crippen molar-refractivity contribution >= 4 is 40.8 Å². The first-order valence-corrected chi connectivity index (χ1v) is 6.79. The topological polar surface area (TPSA) is 78.4 Å². The number of carbonyl (C=O) groups is 2. The lowest BCUT2D eigenvalue weighted by Crippen LogP contribution is -2.43. The van der Waals surface area contributed by atoms with E-state index in [1.165, 1.54) is 6.07 Å². The second-order valence-electron chi connectivity index (χ2n) is 4.59. The summed E-state index contributed by atoms with van der Waals surface area (Å²) in [6.07, 6.45) is -0.173. The van der Waals surface area contributed by atoms with Crippen LogP contribution < -0.4 is 10.6 Å². The van der Waals surface area contributed by atoms with Crippen molar-refractivity contribution < 1.29 is 14.7 Å². The Morgan fingerprint density at radius 1 is 1.25 bits per heavy atom. The van der Waals surface area contributed by atoms with E-state index in [-0.39, 0.29) is 12.5 Å². The fourth-order valence-electron chi connectivity index (χ4n) is 1.59. The standard InChI is InChI=1S/C13H16Cl2N2O3/c1-7(2)16-11(13(19)20)6-12(18)17-8-3-4-9(14)10(15)5-8/h3-5,7,11,16H,6H2,1-2H3,(H,17,18)(H,19,20). The van der Waals surface area contributed by atoms with Gasteiger partial charge >= 0.3 is 5.97 Å². The van der Waals surface area contributed by atoms with Crippen LogP contribution in [0.3, 0.4) is 0 Å². The molecule has 0 heterocycles. The number of carboxylic acids is 1. The Hall–Kier alpha value is -1.30. The highest BCUT2D eigenvalue weighted by Gasteiger charge is 2.21. The number of benzene rings is 1. The lowest BCUT2D eigenvalue weighted by atomic mass is 10.1. The number of hydrogen-bond acceptors (Lipinski definition) is 3. The predicted molar refractivity (Wildman–Crippen MR) is 79.4 cm³/mol. The van der Waals surface area contributed by atoms with Crippen molar-refractivity contribution in [1.82, 2.24) is 5.32 Å².